The second kappa shape index (κ2) is 6.12. The maximum Gasteiger partial charge on any atom is 0.231 e. The van der Waals surface area contributed by atoms with Gasteiger partial charge >= 0.3 is 0 Å². The van der Waals surface area contributed by atoms with Crippen LogP contribution in [0.25, 0.3) is 11.1 Å². The van der Waals surface area contributed by atoms with Crippen LogP contribution in [0.3, 0.4) is 0 Å². The van der Waals surface area contributed by atoms with Gasteiger partial charge in [0, 0.05) is 24.5 Å². The number of pyridine rings is 1. The van der Waals surface area contributed by atoms with Crippen molar-refractivity contribution in [2.45, 2.75) is 6.54 Å². The monoisotopic (exact) mass is 320 g/mol. The molecule has 0 saturated heterocycles. The van der Waals surface area contributed by atoms with Gasteiger partial charge in [0.05, 0.1) is 5.69 Å². The van der Waals surface area contributed by atoms with Gasteiger partial charge in [-0.05, 0) is 41.5 Å². The van der Waals surface area contributed by atoms with Crippen molar-refractivity contribution in [2.24, 2.45) is 0 Å². The normalized spacial score (nSPS) is 12.2. The topological polar surface area (TPSA) is 63.6 Å². The van der Waals surface area contributed by atoms with Crippen LogP contribution in [0, 0.1) is 0 Å². The van der Waals surface area contributed by atoms with Gasteiger partial charge in [-0.2, -0.15) is 0 Å². The molecule has 120 valence electrons. The van der Waals surface area contributed by atoms with Crippen molar-refractivity contribution in [1.82, 2.24) is 4.98 Å². The summed E-state index contributed by atoms with van der Waals surface area (Å²) in [5.41, 5.74) is 3.88. The molecular formula is C19H16N2O3. The van der Waals surface area contributed by atoms with Crippen molar-refractivity contribution in [3.05, 3.63) is 66.5 Å². The number of phenols is 1. The second-order valence-electron chi connectivity index (χ2n) is 5.55. The first kappa shape index (κ1) is 14.4. The SMILES string of the molecule is Oc1cccc(-c2cncc(NCc3ccc4c(c3)OCO4)c2)c1. The van der Waals surface area contributed by atoms with Crippen LogP contribution in [0.5, 0.6) is 17.2 Å². The van der Waals surface area contributed by atoms with E-state index in [2.05, 4.69) is 10.3 Å². The van der Waals surface area contributed by atoms with Crippen LogP contribution in [0.15, 0.2) is 60.9 Å². The maximum absolute atomic E-state index is 9.61. The van der Waals surface area contributed by atoms with Crippen molar-refractivity contribution in [3.63, 3.8) is 0 Å². The minimum Gasteiger partial charge on any atom is -0.508 e. The van der Waals surface area contributed by atoms with Gasteiger partial charge in [-0.1, -0.05) is 18.2 Å². The number of nitrogens with zero attached hydrogens (tertiary/aromatic N) is 1. The van der Waals surface area contributed by atoms with E-state index in [1.807, 2.05) is 36.4 Å². The summed E-state index contributed by atoms with van der Waals surface area (Å²) in [5, 5.41) is 13.0. The number of anilines is 1. The molecule has 0 atom stereocenters. The number of hydrogen-bond donors (Lipinski definition) is 2. The van der Waals surface area contributed by atoms with Crippen LogP contribution >= 0.6 is 0 Å². The highest BCUT2D eigenvalue weighted by Gasteiger charge is 2.13. The van der Waals surface area contributed by atoms with E-state index in [0.29, 0.717) is 6.54 Å². The van der Waals surface area contributed by atoms with Gasteiger partial charge in [0.15, 0.2) is 11.5 Å². The predicted molar refractivity (Wildman–Crippen MR) is 91.2 cm³/mol. The third kappa shape index (κ3) is 2.96. The largest absolute Gasteiger partial charge is 0.508 e. The standard InChI is InChI=1S/C19H16N2O3/c22-17-3-1-2-14(8-17)15-7-16(11-20-10-15)21-9-13-4-5-18-19(6-13)24-12-23-18/h1-8,10-11,21-22H,9,12H2. The Morgan fingerprint density at radius 3 is 2.79 bits per heavy atom. The highest BCUT2D eigenvalue weighted by Crippen LogP contribution is 2.32. The molecule has 1 aromatic heterocycles. The summed E-state index contributed by atoms with van der Waals surface area (Å²) in [6.45, 7) is 0.934. The van der Waals surface area contributed by atoms with Gasteiger partial charge in [-0.15, -0.1) is 0 Å². The Kier molecular flexibility index (Phi) is 3.67. The molecule has 5 nitrogen and oxygen atoms in total. The van der Waals surface area contributed by atoms with Gasteiger partial charge in [-0.25, -0.2) is 0 Å². The number of ether oxygens (including phenoxy) is 2. The maximum atomic E-state index is 9.61. The molecule has 0 fully saturated rings. The smallest absolute Gasteiger partial charge is 0.231 e. The summed E-state index contributed by atoms with van der Waals surface area (Å²) < 4.78 is 10.7. The molecule has 0 bridgehead atoms. The molecular weight excluding hydrogens is 304 g/mol. The fraction of sp³-hybridized carbons (Fsp3) is 0.105. The van der Waals surface area contributed by atoms with Crippen LogP contribution in [0.2, 0.25) is 0 Å². The minimum absolute atomic E-state index is 0.242. The Hall–Kier alpha value is -3.21. The van der Waals surface area contributed by atoms with Crippen LogP contribution in [-0.4, -0.2) is 16.9 Å². The first-order valence-electron chi connectivity index (χ1n) is 7.65. The lowest BCUT2D eigenvalue weighted by Gasteiger charge is -2.09. The van der Waals surface area contributed by atoms with E-state index in [0.717, 1.165) is 33.9 Å². The molecule has 0 amide bonds. The van der Waals surface area contributed by atoms with Crippen molar-refractivity contribution in [1.29, 1.82) is 0 Å². The molecule has 0 saturated carbocycles. The molecule has 5 heteroatoms. The van der Waals surface area contributed by atoms with E-state index >= 15 is 0 Å². The summed E-state index contributed by atoms with van der Waals surface area (Å²) in [6.07, 6.45) is 3.56. The molecule has 2 aromatic carbocycles. The minimum atomic E-state index is 0.242. The quantitative estimate of drug-likeness (QED) is 0.765. The van der Waals surface area contributed by atoms with Crippen LogP contribution < -0.4 is 14.8 Å². The van der Waals surface area contributed by atoms with E-state index in [9.17, 15) is 5.11 Å². The number of benzene rings is 2. The van der Waals surface area contributed by atoms with E-state index in [1.54, 1.807) is 24.5 Å². The van der Waals surface area contributed by atoms with Crippen LogP contribution in [0.1, 0.15) is 5.56 Å². The van der Waals surface area contributed by atoms with Crippen LogP contribution in [-0.2, 0) is 6.54 Å². The highest BCUT2D eigenvalue weighted by molar-refractivity contribution is 5.67. The Labute approximate surface area is 139 Å². The summed E-state index contributed by atoms with van der Waals surface area (Å²) in [6, 6.07) is 15.0. The van der Waals surface area contributed by atoms with Gasteiger partial charge in [0.1, 0.15) is 5.75 Å². The molecule has 2 N–H and O–H groups in total. The Balaban J connectivity index is 1.50. The number of aromatic hydroxyl groups is 1. The lowest BCUT2D eigenvalue weighted by molar-refractivity contribution is 0.174. The van der Waals surface area contributed by atoms with Gasteiger partial charge in [-0.3, -0.25) is 4.98 Å². The second-order valence-corrected chi connectivity index (χ2v) is 5.55. The van der Waals surface area contributed by atoms with E-state index in [4.69, 9.17) is 9.47 Å². The van der Waals surface area contributed by atoms with E-state index in [-0.39, 0.29) is 12.5 Å². The zero-order chi connectivity index (χ0) is 16.4. The summed E-state index contributed by atoms with van der Waals surface area (Å²) in [4.78, 5) is 4.27. The van der Waals surface area contributed by atoms with E-state index < -0.39 is 0 Å². The molecule has 0 aliphatic carbocycles. The highest BCUT2D eigenvalue weighted by atomic mass is 16.7. The molecule has 1 aliphatic heterocycles. The third-order valence-corrected chi connectivity index (χ3v) is 3.85. The fourth-order valence-corrected chi connectivity index (χ4v) is 2.63. The molecule has 2 heterocycles. The molecule has 0 spiro atoms. The average molecular weight is 320 g/mol. The Morgan fingerprint density at radius 1 is 0.958 bits per heavy atom. The third-order valence-electron chi connectivity index (χ3n) is 3.85. The van der Waals surface area contributed by atoms with Crippen molar-refractivity contribution in [2.75, 3.05) is 12.1 Å². The summed E-state index contributed by atoms with van der Waals surface area (Å²) in [5.74, 6) is 1.80. The number of fused-ring (bicyclic) bond motifs is 1. The first-order valence-corrected chi connectivity index (χ1v) is 7.65. The van der Waals surface area contributed by atoms with Gasteiger partial charge in [0.2, 0.25) is 6.79 Å². The van der Waals surface area contributed by atoms with Crippen molar-refractivity contribution in [3.8, 4) is 28.4 Å². The molecule has 24 heavy (non-hydrogen) atoms. The fourth-order valence-electron chi connectivity index (χ4n) is 2.63. The molecule has 0 radical (unpaired) electrons. The Bertz CT molecular complexity index is 880. The number of aromatic nitrogens is 1. The lowest BCUT2D eigenvalue weighted by Crippen LogP contribution is -2.00. The van der Waals surface area contributed by atoms with Gasteiger partial charge in [0.25, 0.3) is 0 Å². The average Bonchev–Trinajstić information content (AvgIpc) is 3.08. The van der Waals surface area contributed by atoms with E-state index in [1.165, 1.54) is 0 Å². The number of nitrogens with one attached hydrogen (secondary N) is 1. The zero-order valence-electron chi connectivity index (χ0n) is 12.9. The zero-order valence-corrected chi connectivity index (χ0v) is 12.9. The number of phenolic OH excluding ortho intramolecular Hbond substituents is 1. The summed E-state index contributed by atoms with van der Waals surface area (Å²) in [7, 11) is 0. The van der Waals surface area contributed by atoms with Crippen LogP contribution in [0.4, 0.5) is 5.69 Å². The molecule has 0 unspecified atom stereocenters. The lowest BCUT2D eigenvalue weighted by atomic mass is 10.1. The number of hydrogen-bond acceptors (Lipinski definition) is 5. The predicted octanol–water partition coefficient (Wildman–Crippen LogP) is 3.80. The summed E-state index contributed by atoms with van der Waals surface area (Å²) >= 11 is 0. The molecule has 4 rings (SSSR count). The van der Waals surface area contributed by atoms with Crippen molar-refractivity contribution >= 4 is 5.69 Å². The van der Waals surface area contributed by atoms with Gasteiger partial charge < -0.3 is 19.9 Å². The molecule has 3 aromatic rings. The Morgan fingerprint density at radius 2 is 1.88 bits per heavy atom. The molecule has 1 aliphatic rings. The number of rotatable bonds is 4. The van der Waals surface area contributed by atoms with Crippen molar-refractivity contribution < 1.29 is 14.6 Å². The first-order chi connectivity index (χ1) is 11.8.